The van der Waals surface area contributed by atoms with Crippen molar-refractivity contribution in [1.29, 1.82) is 0 Å². The van der Waals surface area contributed by atoms with Crippen molar-refractivity contribution in [3.05, 3.63) is 72.2 Å². The number of nitrogens with zero attached hydrogens (tertiary/aromatic N) is 3. The van der Waals surface area contributed by atoms with Crippen LogP contribution in [0.25, 0.3) is 22.4 Å². The molecule has 4 nitrogen and oxygen atoms in total. The van der Waals surface area contributed by atoms with Crippen molar-refractivity contribution in [1.82, 2.24) is 9.97 Å². The predicted molar refractivity (Wildman–Crippen MR) is 89.5 cm³/mol. The summed E-state index contributed by atoms with van der Waals surface area (Å²) in [5.41, 5.74) is 7.23. The van der Waals surface area contributed by atoms with Gasteiger partial charge in [0.2, 0.25) is 0 Å². The summed E-state index contributed by atoms with van der Waals surface area (Å²) in [4.78, 5) is 8.67. The Morgan fingerprint density at radius 2 is 1.74 bits per heavy atom. The van der Waals surface area contributed by atoms with Crippen LogP contribution in [0.15, 0.2) is 66.2 Å². The normalized spacial score (nSPS) is 14.9. The summed E-state index contributed by atoms with van der Waals surface area (Å²) in [5, 5.41) is 12.5. The van der Waals surface area contributed by atoms with Gasteiger partial charge in [0.05, 0.1) is 11.4 Å². The second kappa shape index (κ2) is 5.65. The van der Waals surface area contributed by atoms with Crippen molar-refractivity contribution in [2.24, 2.45) is 5.16 Å². The number of benzene rings is 1. The first-order valence-corrected chi connectivity index (χ1v) is 7.57. The van der Waals surface area contributed by atoms with E-state index in [4.69, 9.17) is 5.21 Å². The predicted octanol–water partition coefficient (Wildman–Crippen LogP) is 3.94. The van der Waals surface area contributed by atoms with E-state index in [2.05, 4.69) is 27.3 Å². The van der Waals surface area contributed by atoms with Gasteiger partial charge in [0.15, 0.2) is 0 Å². The van der Waals surface area contributed by atoms with Crippen LogP contribution in [-0.4, -0.2) is 20.9 Å². The number of aromatic nitrogens is 2. The highest BCUT2D eigenvalue weighted by molar-refractivity contribution is 6.04. The molecule has 1 N–H and O–H groups in total. The zero-order valence-electron chi connectivity index (χ0n) is 12.5. The minimum Gasteiger partial charge on any atom is -0.411 e. The van der Waals surface area contributed by atoms with Crippen LogP contribution in [0.1, 0.15) is 17.5 Å². The number of aryl methyl sites for hydroxylation is 1. The van der Waals surface area contributed by atoms with Crippen LogP contribution < -0.4 is 0 Å². The van der Waals surface area contributed by atoms with Gasteiger partial charge < -0.3 is 5.21 Å². The van der Waals surface area contributed by atoms with Gasteiger partial charge in [-0.1, -0.05) is 23.4 Å². The second-order valence-electron chi connectivity index (χ2n) is 5.55. The summed E-state index contributed by atoms with van der Waals surface area (Å²) >= 11 is 0. The van der Waals surface area contributed by atoms with Gasteiger partial charge in [-0.15, -0.1) is 0 Å². The molecule has 0 atom stereocenters. The first-order valence-electron chi connectivity index (χ1n) is 7.57. The standard InChI is InChI=1S/C19H15N3O/c23-22-18-6-4-14-12-15(3-5-16(14)18)19-17(2-1-9-21-19)13-7-10-20-11-8-13/h1-3,5,7-12,23H,4,6H2/b22-18+. The van der Waals surface area contributed by atoms with Crippen LogP contribution in [0, 0.1) is 0 Å². The molecule has 1 aromatic carbocycles. The molecule has 23 heavy (non-hydrogen) atoms. The van der Waals surface area contributed by atoms with Gasteiger partial charge in [-0.05, 0) is 48.2 Å². The summed E-state index contributed by atoms with van der Waals surface area (Å²) < 4.78 is 0. The van der Waals surface area contributed by atoms with Crippen LogP contribution in [0.4, 0.5) is 0 Å². The number of rotatable bonds is 2. The minimum absolute atomic E-state index is 0.766. The minimum atomic E-state index is 0.766. The quantitative estimate of drug-likeness (QED) is 0.576. The maximum atomic E-state index is 9.06. The van der Waals surface area contributed by atoms with Crippen molar-refractivity contribution in [3.8, 4) is 22.4 Å². The lowest BCUT2D eigenvalue weighted by Crippen LogP contribution is -1.95. The van der Waals surface area contributed by atoms with Crippen molar-refractivity contribution in [2.75, 3.05) is 0 Å². The highest BCUT2D eigenvalue weighted by Gasteiger charge is 2.19. The number of oxime groups is 1. The Balaban J connectivity index is 1.84. The maximum absolute atomic E-state index is 9.06. The lowest BCUT2D eigenvalue weighted by Gasteiger charge is -2.10. The molecule has 0 aliphatic heterocycles. The van der Waals surface area contributed by atoms with Crippen LogP contribution in [-0.2, 0) is 6.42 Å². The van der Waals surface area contributed by atoms with Crippen molar-refractivity contribution in [2.45, 2.75) is 12.8 Å². The molecule has 0 fully saturated rings. The fourth-order valence-electron chi connectivity index (χ4n) is 3.12. The van der Waals surface area contributed by atoms with E-state index < -0.39 is 0 Å². The van der Waals surface area contributed by atoms with E-state index in [-0.39, 0.29) is 0 Å². The molecule has 0 spiro atoms. The molecule has 0 saturated carbocycles. The molecule has 3 aromatic rings. The van der Waals surface area contributed by atoms with E-state index in [1.165, 1.54) is 5.56 Å². The first kappa shape index (κ1) is 13.6. The Bertz CT molecular complexity index is 888. The Hall–Kier alpha value is -3.01. The summed E-state index contributed by atoms with van der Waals surface area (Å²) in [6.45, 7) is 0. The third-order valence-corrected chi connectivity index (χ3v) is 4.24. The van der Waals surface area contributed by atoms with Crippen LogP contribution >= 0.6 is 0 Å². The average molecular weight is 301 g/mol. The highest BCUT2D eigenvalue weighted by atomic mass is 16.4. The molecule has 1 aliphatic carbocycles. The van der Waals surface area contributed by atoms with Gasteiger partial charge in [0.1, 0.15) is 0 Å². The van der Waals surface area contributed by atoms with E-state index in [1.807, 2.05) is 36.5 Å². The molecular formula is C19H15N3O. The maximum Gasteiger partial charge on any atom is 0.0873 e. The van der Waals surface area contributed by atoms with Gasteiger partial charge in [-0.2, -0.15) is 0 Å². The molecule has 112 valence electrons. The van der Waals surface area contributed by atoms with E-state index >= 15 is 0 Å². The second-order valence-corrected chi connectivity index (χ2v) is 5.55. The smallest absolute Gasteiger partial charge is 0.0873 e. The Morgan fingerprint density at radius 3 is 2.57 bits per heavy atom. The van der Waals surface area contributed by atoms with E-state index in [1.54, 1.807) is 12.4 Å². The van der Waals surface area contributed by atoms with E-state index in [9.17, 15) is 0 Å². The van der Waals surface area contributed by atoms with Crippen molar-refractivity contribution < 1.29 is 5.21 Å². The van der Waals surface area contributed by atoms with Crippen LogP contribution in [0.5, 0.6) is 0 Å². The topological polar surface area (TPSA) is 58.4 Å². The van der Waals surface area contributed by atoms with Gasteiger partial charge in [0.25, 0.3) is 0 Å². The van der Waals surface area contributed by atoms with Gasteiger partial charge in [0, 0.05) is 35.3 Å². The Kier molecular flexibility index (Phi) is 3.35. The molecule has 0 saturated heterocycles. The molecule has 2 aromatic heterocycles. The van der Waals surface area contributed by atoms with Crippen molar-refractivity contribution >= 4 is 5.71 Å². The Morgan fingerprint density at radius 1 is 0.870 bits per heavy atom. The fraction of sp³-hybridized carbons (Fsp3) is 0.105. The lowest BCUT2D eigenvalue weighted by atomic mass is 9.97. The van der Waals surface area contributed by atoms with Crippen LogP contribution in [0.3, 0.4) is 0 Å². The zero-order chi connectivity index (χ0) is 15.6. The van der Waals surface area contributed by atoms with Crippen molar-refractivity contribution in [3.63, 3.8) is 0 Å². The molecular weight excluding hydrogens is 286 g/mol. The third-order valence-electron chi connectivity index (χ3n) is 4.24. The average Bonchev–Trinajstić information content (AvgIpc) is 3.05. The number of hydrogen-bond acceptors (Lipinski definition) is 4. The molecule has 0 radical (unpaired) electrons. The Labute approximate surface area is 134 Å². The molecule has 0 bridgehead atoms. The third kappa shape index (κ3) is 2.38. The summed E-state index contributed by atoms with van der Waals surface area (Å²) in [7, 11) is 0. The summed E-state index contributed by atoms with van der Waals surface area (Å²) in [6.07, 6.45) is 7.08. The molecule has 4 heteroatoms. The van der Waals surface area contributed by atoms with E-state index in [0.29, 0.717) is 0 Å². The van der Waals surface area contributed by atoms with Gasteiger partial charge in [-0.3, -0.25) is 9.97 Å². The number of pyridine rings is 2. The number of hydrogen-bond donors (Lipinski definition) is 1. The fourth-order valence-corrected chi connectivity index (χ4v) is 3.12. The molecule has 1 aliphatic rings. The monoisotopic (exact) mass is 301 g/mol. The molecule has 0 amide bonds. The SMILES string of the molecule is O/N=C1\CCc2cc(-c3ncccc3-c3ccncc3)ccc21. The highest BCUT2D eigenvalue weighted by Crippen LogP contribution is 2.33. The number of fused-ring (bicyclic) bond motifs is 1. The summed E-state index contributed by atoms with van der Waals surface area (Å²) in [6, 6.07) is 14.2. The van der Waals surface area contributed by atoms with E-state index in [0.717, 1.165) is 46.5 Å². The van der Waals surface area contributed by atoms with Gasteiger partial charge in [-0.25, -0.2) is 0 Å². The summed E-state index contributed by atoms with van der Waals surface area (Å²) in [5.74, 6) is 0. The van der Waals surface area contributed by atoms with Gasteiger partial charge >= 0.3 is 0 Å². The molecule has 4 rings (SSSR count). The lowest BCUT2D eigenvalue weighted by molar-refractivity contribution is 0.318. The van der Waals surface area contributed by atoms with Crippen LogP contribution in [0.2, 0.25) is 0 Å². The zero-order valence-corrected chi connectivity index (χ0v) is 12.5. The molecule has 2 heterocycles. The largest absolute Gasteiger partial charge is 0.411 e. The first-order chi connectivity index (χ1) is 11.4. The molecule has 0 unspecified atom stereocenters.